The first-order valence-corrected chi connectivity index (χ1v) is 11.1. The van der Waals surface area contributed by atoms with Gasteiger partial charge in [0.2, 0.25) is 0 Å². The highest BCUT2D eigenvalue weighted by Gasteiger charge is 2.20. The van der Waals surface area contributed by atoms with Gasteiger partial charge in [0.1, 0.15) is 11.3 Å². The van der Waals surface area contributed by atoms with Crippen LogP contribution in [0.15, 0.2) is 69.9 Å². The van der Waals surface area contributed by atoms with E-state index in [0.29, 0.717) is 12.2 Å². The van der Waals surface area contributed by atoms with E-state index in [1.807, 2.05) is 24.3 Å². The lowest BCUT2D eigenvalue weighted by Gasteiger charge is -2.34. The summed E-state index contributed by atoms with van der Waals surface area (Å²) in [6.07, 6.45) is 5.36. The van der Waals surface area contributed by atoms with Gasteiger partial charge in [0.05, 0.1) is 12.2 Å². The van der Waals surface area contributed by atoms with Gasteiger partial charge < -0.3 is 9.15 Å². The molecule has 0 spiro atoms. The lowest BCUT2D eigenvalue weighted by molar-refractivity contribution is 0.136. The predicted octanol–water partition coefficient (Wildman–Crippen LogP) is 4.41. The van der Waals surface area contributed by atoms with Gasteiger partial charge in [0.25, 0.3) is 0 Å². The topological polar surface area (TPSA) is 45.9 Å². The van der Waals surface area contributed by atoms with Gasteiger partial charge in [0.15, 0.2) is 0 Å². The molecule has 1 fully saturated rings. The number of piperazine rings is 1. The van der Waals surface area contributed by atoms with Crippen molar-refractivity contribution in [2.75, 3.05) is 39.3 Å². The molecule has 1 aliphatic heterocycles. The van der Waals surface area contributed by atoms with Crippen LogP contribution in [0, 0.1) is 0 Å². The number of rotatable bonds is 8. The molecule has 0 N–H and O–H groups in total. The summed E-state index contributed by atoms with van der Waals surface area (Å²) in [7, 11) is 0. The molecule has 0 amide bonds. The molecule has 0 saturated carbocycles. The summed E-state index contributed by atoms with van der Waals surface area (Å²) < 4.78 is 11.6. The number of ether oxygens (including phenoxy) is 1. The van der Waals surface area contributed by atoms with Crippen molar-refractivity contribution in [1.29, 1.82) is 0 Å². The maximum atomic E-state index is 11.9. The second kappa shape index (κ2) is 10.4. The summed E-state index contributed by atoms with van der Waals surface area (Å²) in [5.41, 5.74) is 2.53. The summed E-state index contributed by atoms with van der Waals surface area (Å²) in [5, 5.41) is 0.933. The molecule has 1 aliphatic rings. The number of benzene rings is 2. The number of fused-ring (bicyclic) bond motifs is 1. The van der Waals surface area contributed by atoms with Crippen molar-refractivity contribution in [3.05, 3.63) is 82.2 Å². The molecule has 1 saturated heterocycles. The Bertz CT molecular complexity index is 1070. The van der Waals surface area contributed by atoms with Crippen LogP contribution < -0.4 is 10.4 Å². The van der Waals surface area contributed by atoms with Crippen molar-refractivity contribution < 1.29 is 9.15 Å². The van der Waals surface area contributed by atoms with E-state index in [9.17, 15) is 4.79 Å². The molecular formula is C26H30N2O3. The van der Waals surface area contributed by atoms with Crippen molar-refractivity contribution >= 4 is 17.0 Å². The lowest BCUT2D eigenvalue weighted by atomic mass is 10.1. The van der Waals surface area contributed by atoms with E-state index in [4.69, 9.17) is 9.15 Å². The highest BCUT2D eigenvalue weighted by molar-refractivity contribution is 5.82. The molecule has 0 aliphatic carbocycles. The molecular weight excluding hydrogens is 388 g/mol. The summed E-state index contributed by atoms with van der Waals surface area (Å²) in [4.78, 5) is 16.7. The SMILES string of the molecule is CCCOc1ccc2ccc(=O)oc2c1CN1CCN(C/C=C/c2ccccc2)CC1. The molecule has 0 bridgehead atoms. The predicted molar refractivity (Wildman–Crippen MR) is 125 cm³/mol. The van der Waals surface area contributed by atoms with Crippen LogP contribution in [0.5, 0.6) is 5.75 Å². The average Bonchev–Trinajstić information content (AvgIpc) is 2.80. The minimum absolute atomic E-state index is 0.323. The highest BCUT2D eigenvalue weighted by atomic mass is 16.5. The van der Waals surface area contributed by atoms with E-state index in [0.717, 1.165) is 62.4 Å². The molecule has 1 aromatic heterocycles. The van der Waals surface area contributed by atoms with E-state index >= 15 is 0 Å². The first-order valence-electron chi connectivity index (χ1n) is 11.1. The van der Waals surface area contributed by atoms with Gasteiger partial charge in [-0.05, 0) is 30.2 Å². The van der Waals surface area contributed by atoms with Crippen molar-refractivity contribution in [1.82, 2.24) is 9.80 Å². The fourth-order valence-corrected chi connectivity index (χ4v) is 3.92. The summed E-state index contributed by atoms with van der Waals surface area (Å²) in [6.45, 7) is 8.38. The van der Waals surface area contributed by atoms with Gasteiger partial charge >= 0.3 is 5.63 Å². The van der Waals surface area contributed by atoms with Crippen LogP contribution in [-0.4, -0.2) is 49.1 Å². The van der Waals surface area contributed by atoms with E-state index < -0.39 is 0 Å². The number of hydrogen-bond acceptors (Lipinski definition) is 5. The standard InChI is InChI=1S/C26H30N2O3/c1-2-19-30-24-12-10-22-11-13-25(29)31-26(22)23(24)20-28-17-15-27(16-18-28)14-6-9-21-7-4-3-5-8-21/h3-13H,2,14-20H2,1H3/b9-6+. The third kappa shape index (κ3) is 5.63. The zero-order valence-corrected chi connectivity index (χ0v) is 18.1. The minimum Gasteiger partial charge on any atom is -0.493 e. The second-order valence-electron chi connectivity index (χ2n) is 7.95. The molecule has 0 unspecified atom stereocenters. The van der Waals surface area contributed by atoms with Crippen molar-refractivity contribution in [3.63, 3.8) is 0 Å². The van der Waals surface area contributed by atoms with Crippen LogP contribution in [0.25, 0.3) is 17.0 Å². The summed E-state index contributed by atoms with van der Waals surface area (Å²) >= 11 is 0. The Morgan fingerprint density at radius 3 is 2.48 bits per heavy atom. The molecule has 3 aromatic rings. The fourth-order valence-electron chi connectivity index (χ4n) is 3.92. The Morgan fingerprint density at radius 2 is 1.71 bits per heavy atom. The monoisotopic (exact) mass is 418 g/mol. The smallest absolute Gasteiger partial charge is 0.336 e. The second-order valence-corrected chi connectivity index (χ2v) is 7.95. The molecule has 2 heterocycles. The number of hydrogen-bond donors (Lipinski definition) is 0. The third-order valence-electron chi connectivity index (χ3n) is 5.63. The molecule has 31 heavy (non-hydrogen) atoms. The summed E-state index contributed by atoms with van der Waals surface area (Å²) in [5.74, 6) is 0.817. The van der Waals surface area contributed by atoms with Crippen LogP contribution in [0.1, 0.15) is 24.5 Å². The van der Waals surface area contributed by atoms with Gasteiger partial charge in [0, 0.05) is 50.7 Å². The Morgan fingerprint density at radius 1 is 0.968 bits per heavy atom. The fraction of sp³-hybridized carbons (Fsp3) is 0.346. The van der Waals surface area contributed by atoms with E-state index in [1.54, 1.807) is 0 Å². The maximum absolute atomic E-state index is 11.9. The Labute approximate surface area is 183 Å². The van der Waals surface area contributed by atoms with Crippen molar-refractivity contribution in [2.45, 2.75) is 19.9 Å². The van der Waals surface area contributed by atoms with Gasteiger partial charge in [-0.1, -0.05) is 49.4 Å². The van der Waals surface area contributed by atoms with E-state index in [-0.39, 0.29) is 5.63 Å². The Balaban J connectivity index is 1.41. The van der Waals surface area contributed by atoms with Gasteiger partial charge in [-0.25, -0.2) is 4.79 Å². The zero-order valence-electron chi connectivity index (χ0n) is 18.1. The molecule has 5 heteroatoms. The van der Waals surface area contributed by atoms with Gasteiger partial charge in [-0.2, -0.15) is 0 Å². The first kappa shape index (κ1) is 21.3. The molecule has 0 atom stereocenters. The van der Waals surface area contributed by atoms with Crippen LogP contribution in [0.2, 0.25) is 0 Å². The number of nitrogens with zero attached hydrogens (tertiary/aromatic N) is 2. The highest BCUT2D eigenvalue weighted by Crippen LogP contribution is 2.29. The van der Waals surface area contributed by atoms with E-state index in [2.05, 4.69) is 53.1 Å². The maximum Gasteiger partial charge on any atom is 0.336 e. The largest absolute Gasteiger partial charge is 0.493 e. The van der Waals surface area contributed by atoms with Gasteiger partial charge in [-0.15, -0.1) is 0 Å². The zero-order chi connectivity index (χ0) is 21.5. The normalized spacial score (nSPS) is 15.6. The minimum atomic E-state index is -0.323. The van der Waals surface area contributed by atoms with Crippen LogP contribution in [0.3, 0.4) is 0 Å². The summed E-state index contributed by atoms with van der Waals surface area (Å²) in [6, 6.07) is 17.7. The van der Waals surface area contributed by atoms with Crippen molar-refractivity contribution in [3.8, 4) is 5.75 Å². The molecule has 0 radical (unpaired) electrons. The molecule has 4 rings (SSSR count). The quantitative estimate of drug-likeness (QED) is 0.507. The van der Waals surface area contributed by atoms with Crippen LogP contribution >= 0.6 is 0 Å². The molecule has 2 aromatic carbocycles. The average molecular weight is 419 g/mol. The van der Waals surface area contributed by atoms with E-state index in [1.165, 1.54) is 11.6 Å². The van der Waals surface area contributed by atoms with Crippen LogP contribution in [-0.2, 0) is 6.54 Å². The Kier molecular flexibility index (Phi) is 7.18. The first-order chi connectivity index (χ1) is 15.2. The van der Waals surface area contributed by atoms with Crippen LogP contribution in [0.4, 0.5) is 0 Å². The molecule has 5 nitrogen and oxygen atoms in total. The van der Waals surface area contributed by atoms with Gasteiger partial charge in [-0.3, -0.25) is 9.80 Å². The Hall–Kier alpha value is -2.89. The van der Waals surface area contributed by atoms with Crippen molar-refractivity contribution in [2.24, 2.45) is 0 Å². The third-order valence-corrected chi connectivity index (χ3v) is 5.63. The lowest BCUT2D eigenvalue weighted by Crippen LogP contribution is -2.45. The molecule has 162 valence electrons.